The highest BCUT2D eigenvalue weighted by atomic mass is 16.6. The Morgan fingerprint density at radius 3 is 2.44 bits per heavy atom. The Morgan fingerprint density at radius 2 is 1.94 bits per heavy atom. The summed E-state index contributed by atoms with van der Waals surface area (Å²) in [5.74, 6) is -0.690. The van der Waals surface area contributed by atoms with Gasteiger partial charge in [0.15, 0.2) is 0 Å². The van der Waals surface area contributed by atoms with E-state index in [0.29, 0.717) is 12.8 Å². The third-order valence-corrected chi connectivity index (χ3v) is 2.71. The Balaban J connectivity index is 2.62. The first-order valence-corrected chi connectivity index (χ1v) is 5.97. The summed E-state index contributed by atoms with van der Waals surface area (Å²) >= 11 is 0. The molecule has 0 aliphatic heterocycles. The fourth-order valence-corrected chi connectivity index (χ4v) is 2.00. The minimum atomic E-state index is -0.555. The first kappa shape index (κ1) is 14.5. The summed E-state index contributed by atoms with van der Waals surface area (Å²) in [6, 6.07) is -0.292. The van der Waals surface area contributed by atoms with Gasteiger partial charge in [-0.1, -0.05) is 12.2 Å². The van der Waals surface area contributed by atoms with Crippen LogP contribution in [-0.2, 0) is 14.3 Å². The van der Waals surface area contributed by atoms with E-state index in [0.717, 1.165) is 5.57 Å². The summed E-state index contributed by atoms with van der Waals surface area (Å²) in [6.45, 7) is 9.22. The molecule has 1 aliphatic rings. The van der Waals surface area contributed by atoms with E-state index in [-0.39, 0.29) is 17.9 Å². The molecule has 0 heterocycles. The summed E-state index contributed by atoms with van der Waals surface area (Å²) < 4.78 is 9.89. The number of esters is 1. The fourth-order valence-electron chi connectivity index (χ4n) is 2.00. The Morgan fingerprint density at radius 1 is 1.33 bits per heavy atom. The summed E-state index contributed by atoms with van der Waals surface area (Å²) in [5, 5.41) is 2.71. The van der Waals surface area contributed by atoms with E-state index in [2.05, 4.69) is 11.9 Å². The number of ether oxygens (including phenoxy) is 2. The van der Waals surface area contributed by atoms with Gasteiger partial charge in [0.1, 0.15) is 5.60 Å². The number of rotatable bonds is 2. The second-order valence-corrected chi connectivity index (χ2v) is 5.54. The zero-order chi connectivity index (χ0) is 13.9. The zero-order valence-electron chi connectivity index (χ0n) is 11.4. The molecule has 1 rings (SSSR count). The molecule has 0 spiro atoms. The summed E-state index contributed by atoms with van der Waals surface area (Å²) in [7, 11) is 1.34. The van der Waals surface area contributed by atoms with Gasteiger partial charge in [-0.25, -0.2) is 4.79 Å². The van der Waals surface area contributed by atoms with Gasteiger partial charge in [-0.15, -0.1) is 0 Å². The zero-order valence-corrected chi connectivity index (χ0v) is 11.4. The monoisotopic (exact) mass is 255 g/mol. The molecule has 2 atom stereocenters. The van der Waals surface area contributed by atoms with Crippen molar-refractivity contribution in [3.8, 4) is 0 Å². The van der Waals surface area contributed by atoms with Crippen molar-refractivity contribution in [2.45, 2.75) is 45.3 Å². The number of carbonyl (C=O) groups excluding carboxylic acids is 2. The number of hydrogen-bond donors (Lipinski definition) is 1. The van der Waals surface area contributed by atoms with E-state index in [1.165, 1.54) is 7.11 Å². The number of nitrogens with one attached hydrogen (secondary N) is 1. The van der Waals surface area contributed by atoms with Crippen molar-refractivity contribution in [1.82, 2.24) is 5.32 Å². The standard InChI is InChI=1S/C13H21NO4/c1-8-6-9(11(15)17-5)10(7-8)14-12(16)18-13(2,3)4/h9-10H,1,6-7H2,2-5H3,(H,14,16). The van der Waals surface area contributed by atoms with E-state index in [4.69, 9.17) is 9.47 Å². The molecule has 5 nitrogen and oxygen atoms in total. The minimum Gasteiger partial charge on any atom is -0.469 e. The van der Waals surface area contributed by atoms with E-state index < -0.39 is 11.7 Å². The number of alkyl carbamates (subject to hydrolysis) is 1. The molecule has 5 heteroatoms. The number of carbonyl (C=O) groups is 2. The molecule has 0 bridgehead atoms. The first-order valence-electron chi connectivity index (χ1n) is 5.97. The maximum atomic E-state index is 11.7. The SMILES string of the molecule is C=C1CC(NC(=O)OC(C)(C)C)C(C(=O)OC)C1. The molecule has 0 aromatic carbocycles. The molecular formula is C13H21NO4. The van der Waals surface area contributed by atoms with E-state index in [1.54, 1.807) is 20.8 Å². The van der Waals surface area contributed by atoms with Gasteiger partial charge in [-0.3, -0.25) is 4.79 Å². The molecule has 0 radical (unpaired) electrons. The van der Waals surface area contributed by atoms with Crippen LogP contribution in [0.25, 0.3) is 0 Å². The molecule has 1 N–H and O–H groups in total. The minimum absolute atomic E-state index is 0.292. The fraction of sp³-hybridized carbons (Fsp3) is 0.692. The van der Waals surface area contributed by atoms with Crippen LogP contribution in [0.5, 0.6) is 0 Å². The van der Waals surface area contributed by atoms with E-state index in [9.17, 15) is 9.59 Å². The molecule has 1 aliphatic carbocycles. The Kier molecular flexibility index (Phi) is 4.38. The predicted molar refractivity (Wildman–Crippen MR) is 67.0 cm³/mol. The predicted octanol–water partition coefficient (Wildman–Crippen LogP) is 2.02. The van der Waals surface area contributed by atoms with Crippen LogP contribution in [0.15, 0.2) is 12.2 Å². The Labute approximate surface area is 108 Å². The number of amides is 1. The largest absolute Gasteiger partial charge is 0.469 e. The molecule has 18 heavy (non-hydrogen) atoms. The molecule has 2 unspecified atom stereocenters. The Bertz CT molecular complexity index is 356. The lowest BCUT2D eigenvalue weighted by Gasteiger charge is -2.23. The van der Waals surface area contributed by atoms with Crippen molar-refractivity contribution >= 4 is 12.1 Å². The van der Waals surface area contributed by atoms with E-state index in [1.807, 2.05) is 0 Å². The highest BCUT2D eigenvalue weighted by Crippen LogP contribution is 2.30. The quantitative estimate of drug-likeness (QED) is 0.605. The molecule has 0 aromatic heterocycles. The Hall–Kier alpha value is -1.52. The van der Waals surface area contributed by atoms with Crippen LogP contribution in [0.4, 0.5) is 4.79 Å². The van der Waals surface area contributed by atoms with Gasteiger partial charge < -0.3 is 14.8 Å². The van der Waals surface area contributed by atoms with Crippen LogP contribution >= 0.6 is 0 Å². The van der Waals surface area contributed by atoms with Crippen molar-refractivity contribution in [2.75, 3.05) is 7.11 Å². The third kappa shape index (κ3) is 4.05. The van der Waals surface area contributed by atoms with Crippen LogP contribution in [0.2, 0.25) is 0 Å². The summed E-state index contributed by atoms with van der Waals surface area (Å²) in [4.78, 5) is 23.2. The van der Waals surface area contributed by atoms with Crippen molar-refractivity contribution in [2.24, 2.45) is 5.92 Å². The molecule has 102 valence electrons. The lowest BCUT2D eigenvalue weighted by molar-refractivity contribution is -0.145. The van der Waals surface area contributed by atoms with Gasteiger partial charge in [0.2, 0.25) is 0 Å². The maximum Gasteiger partial charge on any atom is 0.407 e. The average molecular weight is 255 g/mol. The number of methoxy groups -OCH3 is 1. The normalized spacial score (nSPS) is 23.7. The average Bonchev–Trinajstić information content (AvgIpc) is 2.55. The summed E-state index contributed by atoms with van der Waals surface area (Å²) in [6.07, 6.45) is 0.614. The van der Waals surface area contributed by atoms with Gasteiger partial charge in [-0.2, -0.15) is 0 Å². The van der Waals surface area contributed by atoms with Crippen LogP contribution < -0.4 is 5.32 Å². The second-order valence-electron chi connectivity index (χ2n) is 5.54. The van der Waals surface area contributed by atoms with E-state index >= 15 is 0 Å². The smallest absolute Gasteiger partial charge is 0.407 e. The molecular weight excluding hydrogens is 234 g/mol. The number of hydrogen-bond acceptors (Lipinski definition) is 4. The van der Waals surface area contributed by atoms with Crippen LogP contribution in [-0.4, -0.2) is 30.8 Å². The molecule has 0 saturated heterocycles. The maximum absolute atomic E-state index is 11.7. The topological polar surface area (TPSA) is 64.6 Å². The lowest BCUT2D eigenvalue weighted by Crippen LogP contribution is -2.43. The molecule has 1 amide bonds. The van der Waals surface area contributed by atoms with Crippen LogP contribution in [0.1, 0.15) is 33.6 Å². The van der Waals surface area contributed by atoms with Crippen molar-refractivity contribution in [1.29, 1.82) is 0 Å². The first-order chi connectivity index (χ1) is 8.23. The van der Waals surface area contributed by atoms with Crippen molar-refractivity contribution < 1.29 is 19.1 Å². The molecule has 0 aromatic rings. The molecule has 1 fully saturated rings. The van der Waals surface area contributed by atoms with Gasteiger partial charge >= 0.3 is 12.1 Å². The van der Waals surface area contributed by atoms with Crippen LogP contribution in [0, 0.1) is 5.92 Å². The van der Waals surface area contributed by atoms with Crippen molar-refractivity contribution in [3.63, 3.8) is 0 Å². The van der Waals surface area contributed by atoms with Crippen molar-refractivity contribution in [3.05, 3.63) is 12.2 Å². The lowest BCUT2D eigenvalue weighted by atomic mass is 10.0. The second kappa shape index (κ2) is 5.42. The highest BCUT2D eigenvalue weighted by molar-refractivity contribution is 5.76. The van der Waals surface area contributed by atoms with Gasteiger partial charge in [0, 0.05) is 6.04 Å². The summed E-state index contributed by atoms with van der Waals surface area (Å²) in [5.41, 5.74) is 0.381. The molecule has 1 saturated carbocycles. The van der Waals surface area contributed by atoms with Gasteiger partial charge in [0.25, 0.3) is 0 Å². The third-order valence-electron chi connectivity index (χ3n) is 2.71. The van der Waals surface area contributed by atoms with Gasteiger partial charge in [-0.05, 0) is 33.6 Å². The van der Waals surface area contributed by atoms with Gasteiger partial charge in [0.05, 0.1) is 13.0 Å². The highest BCUT2D eigenvalue weighted by Gasteiger charge is 2.37. The van der Waals surface area contributed by atoms with Crippen LogP contribution in [0.3, 0.4) is 0 Å².